The molecule has 1 aliphatic rings. The smallest absolute Gasteiger partial charge is 0.0612 e. The standard InChI is InChI=1S/C39H37NO/c1-28(2)40-26-39(27-41-3)34-25-24-33(29-16-8-4-9-17-29)35(30-18-10-5-11-19-30)37(34)36(31-20-12-6-13-21-31)38(39)32-22-14-7-15-23-32/h4-25,28,40H,26-27H2,1-3H3. The van der Waals surface area contributed by atoms with Gasteiger partial charge in [0.2, 0.25) is 0 Å². The van der Waals surface area contributed by atoms with Gasteiger partial charge in [0.05, 0.1) is 12.0 Å². The number of methoxy groups -OCH3 is 1. The van der Waals surface area contributed by atoms with Crippen molar-refractivity contribution in [2.45, 2.75) is 25.3 Å². The third-order valence-electron chi connectivity index (χ3n) is 8.17. The maximum absolute atomic E-state index is 6.14. The van der Waals surface area contributed by atoms with E-state index in [1.165, 1.54) is 55.7 Å². The molecule has 0 heterocycles. The van der Waals surface area contributed by atoms with Crippen LogP contribution < -0.4 is 5.32 Å². The monoisotopic (exact) mass is 535 g/mol. The first-order valence-electron chi connectivity index (χ1n) is 14.5. The van der Waals surface area contributed by atoms with Gasteiger partial charge in [-0.15, -0.1) is 0 Å². The summed E-state index contributed by atoms with van der Waals surface area (Å²) in [6, 6.07) is 48.5. The molecule has 1 aliphatic carbocycles. The van der Waals surface area contributed by atoms with Crippen molar-refractivity contribution in [2.24, 2.45) is 0 Å². The van der Waals surface area contributed by atoms with Crippen molar-refractivity contribution >= 4 is 11.1 Å². The molecule has 0 fully saturated rings. The number of rotatable bonds is 9. The Balaban J connectivity index is 1.80. The van der Waals surface area contributed by atoms with Crippen LogP contribution in [0.5, 0.6) is 0 Å². The van der Waals surface area contributed by atoms with Gasteiger partial charge >= 0.3 is 0 Å². The predicted octanol–water partition coefficient (Wildman–Crippen LogP) is 8.88. The zero-order valence-electron chi connectivity index (χ0n) is 24.1. The second-order valence-electron chi connectivity index (χ2n) is 11.2. The molecule has 5 aromatic carbocycles. The molecule has 0 bridgehead atoms. The number of hydrogen-bond donors (Lipinski definition) is 1. The molecule has 0 radical (unpaired) electrons. The number of fused-ring (bicyclic) bond motifs is 1. The number of nitrogens with one attached hydrogen (secondary N) is 1. The maximum Gasteiger partial charge on any atom is 0.0612 e. The predicted molar refractivity (Wildman–Crippen MR) is 173 cm³/mol. The van der Waals surface area contributed by atoms with E-state index in [1.807, 2.05) is 7.11 Å². The van der Waals surface area contributed by atoms with Crippen molar-refractivity contribution < 1.29 is 4.74 Å². The molecule has 1 N–H and O–H groups in total. The fourth-order valence-electron chi connectivity index (χ4n) is 6.45. The second kappa shape index (κ2) is 11.7. The minimum Gasteiger partial charge on any atom is -0.383 e. The number of ether oxygens (including phenoxy) is 1. The van der Waals surface area contributed by atoms with Crippen LogP contribution in [0.4, 0.5) is 0 Å². The summed E-state index contributed by atoms with van der Waals surface area (Å²) in [7, 11) is 1.83. The van der Waals surface area contributed by atoms with Gasteiger partial charge in [-0.2, -0.15) is 0 Å². The third kappa shape index (κ3) is 4.95. The number of benzene rings is 5. The molecule has 1 atom stereocenters. The molecule has 41 heavy (non-hydrogen) atoms. The average molecular weight is 536 g/mol. The Bertz CT molecular complexity index is 1640. The van der Waals surface area contributed by atoms with E-state index in [0.29, 0.717) is 12.6 Å². The lowest BCUT2D eigenvalue weighted by atomic mass is 9.74. The van der Waals surface area contributed by atoms with Gasteiger partial charge in [0.1, 0.15) is 0 Å². The van der Waals surface area contributed by atoms with Crippen molar-refractivity contribution in [3.63, 3.8) is 0 Å². The molecule has 204 valence electrons. The van der Waals surface area contributed by atoms with Crippen LogP contribution >= 0.6 is 0 Å². The van der Waals surface area contributed by atoms with E-state index in [1.54, 1.807) is 0 Å². The molecule has 0 spiro atoms. The van der Waals surface area contributed by atoms with Gasteiger partial charge in [0.25, 0.3) is 0 Å². The van der Waals surface area contributed by atoms with Gasteiger partial charge in [0.15, 0.2) is 0 Å². The van der Waals surface area contributed by atoms with Gasteiger partial charge in [-0.3, -0.25) is 0 Å². The summed E-state index contributed by atoms with van der Waals surface area (Å²) in [5.74, 6) is 0. The average Bonchev–Trinajstić information content (AvgIpc) is 3.31. The van der Waals surface area contributed by atoms with Gasteiger partial charge in [-0.1, -0.05) is 147 Å². The van der Waals surface area contributed by atoms with Crippen LogP contribution in [0.3, 0.4) is 0 Å². The number of hydrogen-bond acceptors (Lipinski definition) is 2. The Labute approximate surface area is 244 Å². The van der Waals surface area contributed by atoms with Crippen LogP contribution in [0.1, 0.15) is 36.1 Å². The zero-order valence-corrected chi connectivity index (χ0v) is 24.1. The summed E-state index contributed by atoms with van der Waals surface area (Å²) < 4.78 is 6.14. The fourth-order valence-corrected chi connectivity index (χ4v) is 6.45. The van der Waals surface area contributed by atoms with E-state index in [2.05, 4.69) is 153 Å². The topological polar surface area (TPSA) is 21.3 Å². The Morgan fingerprint density at radius 1 is 0.585 bits per heavy atom. The highest BCUT2D eigenvalue weighted by Crippen LogP contribution is 2.57. The quantitative estimate of drug-likeness (QED) is 0.203. The summed E-state index contributed by atoms with van der Waals surface area (Å²) in [5.41, 5.74) is 12.2. The summed E-state index contributed by atoms with van der Waals surface area (Å²) in [6.07, 6.45) is 0. The van der Waals surface area contributed by atoms with Crippen molar-refractivity contribution in [1.29, 1.82) is 0 Å². The van der Waals surface area contributed by atoms with E-state index >= 15 is 0 Å². The lowest BCUT2D eigenvalue weighted by Crippen LogP contribution is -2.44. The Morgan fingerprint density at radius 2 is 1.10 bits per heavy atom. The highest BCUT2D eigenvalue weighted by atomic mass is 16.5. The molecular formula is C39H37NO. The molecule has 0 aromatic heterocycles. The van der Waals surface area contributed by atoms with E-state index in [4.69, 9.17) is 4.74 Å². The first kappa shape index (κ1) is 27.0. The summed E-state index contributed by atoms with van der Waals surface area (Å²) >= 11 is 0. The Morgan fingerprint density at radius 3 is 1.63 bits per heavy atom. The molecule has 0 aliphatic heterocycles. The van der Waals surface area contributed by atoms with E-state index in [-0.39, 0.29) is 5.41 Å². The minimum absolute atomic E-state index is 0.335. The zero-order chi connectivity index (χ0) is 28.2. The highest BCUT2D eigenvalue weighted by molar-refractivity contribution is 6.12. The summed E-state index contributed by atoms with van der Waals surface area (Å²) in [6.45, 7) is 5.77. The molecule has 2 nitrogen and oxygen atoms in total. The first-order chi connectivity index (χ1) is 20.1. The third-order valence-corrected chi connectivity index (χ3v) is 8.17. The lowest BCUT2D eigenvalue weighted by Gasteiger charge is -2.35. The lowest BCUT2D eigenvalue weighted by molar-refractivity contribution is 0.153. The maximum atomic E-state index is 6.14. The Kier molecular flexibility index (Phi) is 7.69. The van der Waals surface area contributed by atoms with Crippen LogP contribution in [0.25, 0.3) is 33.4 Å². The molecule has 2 heteroatoms. The van der Waals surface area contributed by atoms with Gasteiger partial charge in [-0.25, -0.2) is 0 Å². The van der Waals surface area contributed by atoms with Crippen LogP contribution in [-0.4, -0.2) is 26.3 Å². The van der Waals surface area contributed by atoms with Crippen LogP contribution in [0, 0.1) is 0 Å². The largest absolute Gasteiger partial charge is 0.383 e. The van der Waals surface area contributed by atoms with Crippen molar-refractivity contribution in [3.8, 4) is 22.3 Å². The minimum atomic E-state index is -0.389. The summed E-state index contributed by atoms with van der Waals surface area (Å²) in [5, 5.41) is 3.82. The molecule has 0 amide bonds. The van der Waals surface area contributed by atoms with Gasteiger partial charge < -0.3 is 10.1 Å². The van der Waals surface area contributed by atoms with Crippen molar-refractivity contribution in [3.05, 3.63) is 156 Å². The molecule has 6 rings (SSSR count). The first-order valence-corrected chi connectivity index (χ1v) is 14.5. The second-order valence-corrected chi connectivity index (χ2v) is 11.2. The Hall–Kier alpha value is -4.24. The molecule has 5 aromatic rings. The molecule has 0 saturated heterocycles. The summed E-state index contributed by atoms with van der Waals surface area (Å²) in [4.78, 5) is 0. The van der Waals surface area contributed by atoms with Crippen LogP contribution in [0.15, 0.2) is 133 Å². The van der Waals surface area contributed by atoms with Crippen LogP contribution in [0.2, 0.25) is 0 Å². The van der Waals surface area contributed by atoms with Gasteiger partial charge in [0, 0.05) is 19.7 Å². The van der Waals surface area contributed by atoms with E-state index in [0.717, 1.165) is 6.54 Å². The SMILES string of the molecule is COCC1(CNC(C)C)C(c2ccccc2)=C(c2ccccc2)c2c1ccc(-c1ccccc1)c2-c1ccccc1. The van der Waals surface area contributed by atoms with E-state index in [9.17, 15) is 0 Å². The molecule has 1 unspecified atom stereocenters. The van der Waals surface area contributed by atoms with Gasteiger partial charge in [-0.05, 0) is 55.7 Å². The van der Waals surface area contributed by atoms with E-state index < -0.39 is 0 Å². The van der Waals surface area contributed by atoms with Crippen molar-refractivity contribution in [2.75, 3.05) is 20.3 Å². The van der Waals surface area contributed by atoms with Crippen molar-refractivity contribution in [1.82, 2.24) is 5.32 Å². The van der Waals surface area contributed by atoms with Crippen LogP contribution in [-0.2, 0) is 10.2 Å². The fraction of sp³-hybridized carbons (Fsp3) is 0.179. The molecular weight excluding hydrogens is 498 g/mol. The normalized spacial score (nSPS) is 16.3. The highest BCUT2D eigenvalue weighted by Gasteiger charge is 2.47. The molecule has 0 saturated carbocycles.